The van der Waals surface area contributed by atoms with Crippen LogP contribution in [0.5, 0.6) is 5.88 Å². The second-order valence-electron chi connectivity index (χ2n) is 5.71. The van der Waals surface area contributed by atoms with Crippen LogP contribution >= 0.6 is 22.7 Å². The number of hydrogen-bond donors (Lipinski definition) is 0. The Morgan fingerprint density at radius 2 is 1.96 bits per heavy atom. The summed E-state index contributed by atoms with van der Waals surface area (Å²) in [5.74, 6) is 0.458. The summed E-state index contributed by atoms with van der Waals surface area (Å²) < 4.78 is 7.98. The molecule has 4 aromatic rings. The van der Waals surface area contributed by atoms with Gasteiger partial charge in [-0.1, -0.05) is 36.4 Å². The van der Waals surface area contributed by atoms with Gasteiger partial charge in [0.2, 0.25) is 5.88 Å². The third-order valence-corrected chi connectivity index (χ3v) is 6.15. The predicted octanol–water partition coefficient (Wildman–Crippen LogP) is 3.70. The van der Waals surface area contributed by atoms with Crippen LogP contribution in [0.3, 0.4) is 0 Å². The number of fused-ring (bicyclic) bond motifs is 2. The molecule has 1 unspecified atom stereocenters. The highest BCUT2D eigenvalue weighted by Gasteiger charge is 2.46. The van der Waals surface area contributed by atoms with Gasteiger partial charge in [0.15, 0.2) is 10.6 Å². The average molecular weight is 352 g/mol. The van der Waals surface area contributed by atoms with Gasteiger partial charge in [-0.2, -0.15) is 4.98 Å². The van der Waals surface area contributed by atoms with Crippen molar-refractivity contribution in [2.75, 3.05) is 0 Å². The van der Waals surface area contributed by atoms with E-state index >= 15 is 0 Å². The molecule has 5 rings (SSSR count). The Hall–Kier alpha value is -2.44. The number of thiophene rings is 1. The number of aromatic nitrogens is 2. The van der Waals surface area contributed by atoms with Gasteiger partial charge in [-0.15, -0.1) is 22.7 Å². The van der Waals surface area contributed by atoms with Crippen LogP contribution in [-0.4, -0.2) is 9.38 Å². The number of hydrogen-bond acceptors (Lipinski definition) is 5. The van der Waals surface area contributed by atoms with Gasteiger partial charge >= 0.3 is 0 Å². The number of benzene rings is 1. The van der Waals surface area contributed by atoms with Crippen molar-refractivity contribution >= 4 is 27.6 Å². The van der Waals surface area contributed by atoms with Crippen LogP contribution in [0.2, 0.25) is 0 Å². The first-order valence-electron chi connectivity index (χ1n) is 7.55. The normalized spacial score (nSPS) is 19.3. The summed E-state index contributed by atoms with van der Waals surface area (Å²) in [6.07, 6.45) is 2.26. The molecule has 1 aromatic carbocycles. The van der Waals surface area contributed by atoms with Crippen LogP contribution in [0, 0.1) is 0 Å². The van der Waals surface area contributed by atoms with E-state index in [0.717, 1.165) is 10.4 Å². The van der Waals surface area contributed by atoms with E-state index in [1.807, 2.05) is 47.2 Å². The Morgan fingerprint density at radius 1 is 1.08 bits per heavy atom. The van der Waals surface area contributed by atoms with Gasteiger partial charge in [-0.05, 0) is 11.4 Å². The third-order valence-electron chi connectivity index (χ3n) is 4.38. The van der Waals surface area contributed by atoms with E-state index in [2.05, 4.69) is 11.1 Å². The maximum Gasteiger partial charge on any atom is 0.265 e. The Bertz CT molecular complexity index is 1080. The molecule has 0 amide bonds. The van der Waals surface area contributed by atoms with Crippen molar-refractivity contribution in [1.82, 2.24) is 9.38 Å². The van der Waals surface area contributed by atoms with E-state index in [9.17, 15) is 4.79 Å². The van der Waals surface area contributed by atoms with Crippen molar-refractivity contribution in [3.63, 3.8) is 0 Å². The zero-order chi connectivity index (χ0) is 16.1. The van der Waals surface area contributed by atoms with Gasteiger partial charge in [0.05, 0.1) is 10.4 Å². The molecule has 24 heavy (non-hydrogen) atoms. The highest BCUT2D eigenvalue weighted by atomic mass is 32.1. The second-order valence-corrected chi connectivity index (χ2v) is 7.53. The van der Waals surface area contributed by atoms with Gasteiger partial charge in [-0.25, -0.2) is 0 Å². The predicted molar refractivity (Wildman–Crippen MR) is 95.2 cm³/mol. The van der Waals surface area contributed by atoms with Crippen LogP contribution in [-0.2, 0) is 12.0 Å². The first kappa shape index (κ1) is 13.9. The van der Waals surface area contributed by atoms with Gasteiger partial charge in [0.25, 0.3) is 5.56 Å². The summed E-state index contributed by atoms with van der Waals surface area (Å²) in [6.45, 7) is 0. The number of rotatable bonds is 2. The zero-order valence-electron chi connectivity index (χ0n) is 12.5. The molecule has 4 heterocycles. The summed E-state index contributed by atoms with van der Waals surface area (Å²) >= 11 is 3.07. The maximum atomic E-state index is 12.8. The van der Waals surface area contributed by atoms with Crippen molar-refractivity contribution in [3.8, 4) is 5.88 Å². The monoisotopic (exact) mass is 352 g/mol. The van der Waals surface area contributed by atoms with Gasteiger partial charge in [-0.3, -0.25) is 9.20 Å². The quantitative estimate of drug-likeness (QED) is 0.552. The standard InChI is InChI=1S/C18H12N2O2S2/c21-16-13-11-18(14-7-4-9-23-14,12-5-2-1-3-6-12)22-15(13)19-17-20(16)8-10-24-17/h1-10H,11H2. The fraction of sp³-hybridized carbons (Fsp3) is 0.111. The summed E-state index contributed by atoms with van der Waals surface area (Å²) in [4.78, 5) is 19.1. The van der Waals surface area contributed by atoms with Crippen molar-refractivity contribution in [1.29, 1.82) is 0 Å². The fourth-order valence-electron chi connectivity index (χ4n) is 3.24. The van der Waals surface area contributed by atoms with E-state index in [1.165, 1.54) is 11.3 Å². The second kappa shape index (κ2) is 5.03. The summed E-state index contributed by atoms with van der Waals surface area (Å²) in [6, 6.07) is 14.1. The molecule has 0 saturated carbocycles. The summed E-state index contributed by atoms with van der Waals surface area (Å²) in [7, 11) is 0. The number of nitrogens with zero attached hydrogens (tertiary/aromatic N) is 2. The first-order chi connectivity index (χ1) is 11.8. The Morgan fingerprint density at radius 3 is 2.75 bits per heavy atom. The van der Waals surface area contributed by atoms with Crippen molar-refractivity contribution in [3.05, 3.63) is 85.8 Å². The largest absolute Gasteiger partial charge is 0.460 e. The van der Waals surface area contributed by atoms with Gasteiger partial charge in [0.1, 0.15) is 0 Å². The molecule has 1 aliphatic rings. The number of ether oxygens (including phenoxy) is 1. The lowest BCUT2D eigenvalue weighted by molar-refractivity contribution is 0.139. The minimum Gasteiger partial charge on any atom is -0.460 e. The zero-order valence-corrected chi connectivity index (χ0v) is 14.1. The van der Waals surface area contributed by atoms with E-state index < -0.39 is 5.60 Å². The van der Waals surface area contributed by atoms with Crippen molar-refractivity contribution in [2.24, 2.45) is 0 Å². The average Bonchev–Trinajstić information content (AvgIpc) is 3.35. The molecular formula is C18H12N2O2S2. The molecule has 3 aromatic heterocycles. The highest BCUT2D eigenvalue weighted by Crippen LogP contribution is 2.45. The van der Waals surface area contributed by atoms with Crippen LogP contribution in [0.15, 0.2) is 64.2 Å². The molecule has 4 nitrogen and oxygen atoms in total. The Kier molecular flexibility index (Phi) is 2.92. The van der Waals surface area contributed by atoms with Crippen LogP contribution in [0.4, 0.5) is 0 Å². The van der Waals surface area contributed by atoms with Crippen molar-refractivity contribution in [2.45, 2.75) is 12.0 Å². The van der Waals surface area contributed by atoms with Crippen LogP contribution < -0.4 is 10.3 Å². The Balaban J connectivity index is 1.76. The van der Waals surface area contributed by atoms with E-state index in [4.69, 9.17) is 4.74 Å². The molecular weight excluding hydrogens is 340 g/mol. The van der Waals surface area contributed by atoms with Crippen LogP contribution in [0.1, 0.15) is 16.0 Å². The smallest absolute Gasteiger partial charge is 0.265 e. The minimum absolute atomic E-state index is 0.0365. The molecule has 6 heteroatoms. The van der Waals surface area contributed by atoms with Crippen LogP contribution in [0.25, 0.3) is 4.96 Å². The molecule has 1 atom stereocenters. The highest BCUT2D eigenvalue weighted by molar-refractivity contribution is 7.15. The molecule has 118 valence electrons. The molecule has 0 fully saturated rings. The van der Waals surface area contributed by atoms with Gasteiger partial charge in [0, 0.05) is 23.6 Å². The molecule has 0 saturated heterocycles. The Labute approximate surface area is 145 Å². The minimum atomic E-state index is -0.673. The lowest BCUT2D eigenvalue weighted by Gasteiger charge is -2.27. The van der Waals surface area contributed by atoms with E-state index in [1.54, 1.807) is 21.9 Å². The van der Waals surface area contributed by atoms with Gasteiger partial charge < -0.3 is 4.74 Å². The molecule has 0 N–H and O–H groups in total. The lowest BCUT2D eigenvalue weighted by Crippen LogP contribution is -2.32. The third kappa shape index (κ3) is 1.84. The molecule has 0 radical (unpaired) electrons. The molecule has 0 aliphatic carbocycles. The fourth-order valence-corrected chi connectivity index (χ4v) is 4.82. The van der Waals surface area contributed by atoms with E-state index in [0.29, 0.717) is 22.8 Å². The SMILES string of the molecule is O=c1c2c(nc3sccn13)OC(c1ccccc1)(c1cccs1)C2. The summed E-state index contributed by atoms with van der Waals surface area (Å²) in [5, 5.41) is 3.90. The maximum absolute atomic E-state index is 12.8. The first-order valence-corrected chi connectivity index (χ1v) is 9.31. The van der Waals surface area contributed by atoms with Crippen molar-refractivity contribution < 1.29 is 4.74 Å². The molecule has 0 bridgehead atoms. The van der Waals surface area contributed by atoms with E-state index in [-0.39, 0.29) is 5.56 Å². The molecule has 0 spiro atoms. The topological polar surface area (TPSA) is 43.6 Å². The lowest BCUT2D eigenvalue weighted by atomic mass is 9.88. The summed E-state index contributed by atoms with van der Waals surface area (Å²) in [5.41, 5.74) is 0.973. The number of thiazole rings is 1. The molecule has 1 aliphatic heterocycles.